The van der Waals surface area contributed by atoms with Crippen LogP contribution in [0.25, 0.3) is 0 Å². The third kappa shape index (κ3) is 2.70. The summed E-state index contributed by atoms with van der Waals surface area (Å²) >= 11 is 3.02. The molecule has 1 unspecified atom stereocenters. The Morgan fingerprint density at radius 1 is 1.69 bits per heavy atom. The van der Waals surface area contributed by atoms with Crippen molar-refractivity contribution in [1.82, 2.24) is 0 Å². The van der Waals surface area contributed by atoms with E-state index in [-0.39, 0.29) is 16.5 Å². The molecule has 6 heteroatoms. The molecule has 0 spiro atoms. The van der Waals surface area contributed by atoms with E-state index in [0.717, 1.165) is 0 Å². The van der Waals surface area contributed by atoms with Gasteiger partial charge < -0.3 is 15.6 Å². The first kappa shape index (κ1) is 12.9. The summed E-state index contributed by atoms with van der Waals surface area (Å²) in [6, 6.07) is 2.08. The standard InChI is InChI=1S/C10H11BrFNO3/c1-16-7-3-2-5(10(12)9(7)11)6(13)4-8(14)15/h2-3,6H,4,13H2,1H3,(H,14,15). The second-order valence-corrected chi connectivity index (χ2v) is 3.98. The molecule has 0 saturated carbocycles. The van der Waals surface area contributed by atoms with E-state index in [1.807, 2.05) is 0 Å². The second kappa shape index (κ2) is 5.27. The number of benzene rings is 1. The highest BCUT2D eigenvalue weighted by molar-refractivity contribution is 9.10. The van der Waals surface area contributed by atoms with Crippen LogP contribution in [0.15, 0.2) is 16.6 Å². The summed E-state index contributed by atoms with van der Waals surface area (Å²) in [4.78, 5) is 10.5. The summed E-state index contributed by atoms with van der Waals surface area (Å²) in [5.74, 6) is -1.32. The summed E-state index contributed by atoms with van der Waals surface area (Å²) in [6.07, 6.45) is -0.324. The van der Waals surface area contributed by atoms with Gasteiger partial charge in [0.15, 0.2) is 0 Å². The minimum absolute atomic E-state index is 0.147. The smallest absolute Gasteiger partial charge is 0.305 e. The first-order valence-corrected chi connectivity index (χ1v) is 5.26. The van der Waals surface area contributed by atoms with Crippen LogP contribution in [0.1, 0.15) is 18.0 Å². The molecule has 0 amide bonds. The summed E-state index contributed by atoms with van der Waals surface area (Å²) in [5.41, 5.74) is 5.72. The van der Waals surface area contributed by atoms with Gasteiger partial charge in [0, 0.05) is 11.6 Å². The lowest BCUT2D eigenvalue weighted by Crippen LogP contribution is -2.16. The van der Waals surface area contributed by atoms with Gasteiger partial charge in [0.2, 0.25) is 0 Å². The molecule has 0 aliphatic rings. The van der Waals surface area contributed by atoms with Crippen LogP contribution in [0.2, 0.25) is 0 Å². The van der Waals surface area contributed by atoms with Crippen molar-refractivity contribution < 1.29 is 19.0 Å². The number of hydrogen-bond donors (Lipinski definition) is 2. The number of hydrogen-bond acceptors (Lipinski definition) is 3. The summed E-state index contributed by atoms with van der Waals surface area (Å²) < 4.78 is 18.8. The molecule has 0 heterocycles. The number of carbonyl (C=O) groups is 1. The molecule has 0 aliphatic carbocycles. The number of ether oxygens (including phenoxy) is 1. The lowest BCUT2D eigenvalue weighted by molar-refractivity contribution is -0.137. The average molecular weight is 292 g/mol. The van der Waals surface area contributed by atoms with Crippen molar-refractivity contribution in [2.45, 2.75) is 12.5 Å². The van der Waals surface area contributed by atoms with Crippen molar-refractivity contribution in [3.8, 4) is 5.75 Å². The maximum absolute atomic E-state index is 13.8. The number of aliphatic carboxylic acids is 1. The summed E-state index contributed by atoms with van der Waals surface area (Å²) in [7, 11) is 1.41. The summed E-state index contributed by atoms with van der Waals surface area (Å²) in [6.45, 7) is 0. The Kier molecular flexibility index (Phi) is 4.26. The molecule has 0 saturated heterocycles. The Balaban J connectivity index is 3.06. The molecular formula is C10H11BrFNO3. The molecule has 4 nitrogen and oxygen atoms in total. The van der Waals surface area contributed by atoms with Gasteiger partial charge in [0.1, 0.15) is 11.6 Å². The monoisotopic (exact) mass is 291 g/mol. The third-order valence-electron chi connectivity index (χ3n) is 2.09. The van der Waals surface area contributed by atoms with Crippen LogP contribution in [-0.4, -0.2) is 18.2 Å². The van der Waals surface area contributed by atoms with Crippen molar-refractivity contribution in [2.24, 2.45) is 5.73 Å². The number of halogens is 2. The van der Waals surface area contributed by atoms with Crippen molar-refractivity contribution in [2.75, 3.05) is 7.11 Å². The molecule has 88 valence electrons. The number of nitrogens with two attached hydrogens (primary N) is 1. The van der Waals surface area contributed by atoms with Crippen molar-refractivity contribution >= 4 is 21.9 Å². The lowest BCUT2D eigenvalue weighted by Gasteiger charge is -2.13. The van der Waals surface area contributed by atoms with Crippen molar-refractivity contribution in [1.29, 1.82) is 0 Å². The van der Waals surface area contributed by atoms with E-state index in [1.165, 1.54) is 19.2 Å². The van der Waals surface area contributed by atoms with Gasteiger partial charge in [-0.25, -0.2) is 4.39 Å². The average Bonchev–Trinajstić information content (AvgIpc) is 2.20. The van der Waals surface area contributed by atoms with Crippen LogP contribution < -0.4 is 10.5 Å². The maximum Gasteiger partial charge on any atom is 0.305 e. The minimum Gasteiger partial charge on any atom is -0.495 e. The van der Waals surface area contributed by atoms with E-state index in [9.17, 15) is 9.18 Å². The molecule has 1 rings (SSSR count). The largest absolute Gasteiger partial charge is 0.495 e. The van der Waals surface area contributed by atoms with Gasteiger partial charge in [-0.1, -0.05) is 6.07 Å². The fourth-order valence-electron chi connectivity index (χ4n) is 1.29. The first-order valence-electron chi connectivity index (χ1n) is 4.46. The predicted molar refractivity (Wildman–Crippen MR) is 59.8 cm³/mol. The normalized spacial score (nSPS) is 12.2. The van der Waals surface area contributed by atoms with E-state index in [2.05, 4.69) is 15.9 Å². The van der Waals surface area contributed by atoms with Crippen LogP contribution in [-0.2, 0) is 4.79 Å². The fourth-order valence-corrected chi connectivity index (χ4v) is 1.81. The Labute approximate surface area is 100 Å². The lowest BCUT2D eigenvalue weighted by atomic mass is 10.0. The van der Waals surface area contributed by atoms with E-state index in [4.69, 9.17) is 15.6 Å². The number of methoxy groups -OCH3 is 1. The van der Waals surface area contributed by atoms with Gasteiger partial charge in [0.25, 0.3) is 0 Å². The zero-order valence-electron chi connectivity index (χ0n) is 8.54. The summed E-state index contributed by atoms with van der Waals surface area (Å²) in [5, 5.41) is 8.57. The zero-order valence-corrected chi connectivity index (χ0v) is 10.1. The maximum atomic E-state index is 13.8. The second-order valence-electron chi connectivity index (χ2n) is 3.19. The van der Waals surface area contributed by atoms with Crippen molar-refractivity contribution in [3.05, 3.63) is 28.0 Å². The molecule has 1 aromatic carbocycles. The van der Waals surface area contributed by atoms with Crippen LogP contribution in [0, 0.1) is 5.82 Å². The van der Waals surface area contributed by atoms with Gasteiger partial charge >= 0.3 is 5.97 Å². The fraction of sp³-hybridized carbons (Fsp3) is 0.300. The van der Waals surface area contributed by atoms with Crippen LogP contribution in [0.4, 0.5) is 4.39 Å². The molecule has 0 radical (unpaired) electrons. The molecule has 16 heavy (non-hydrogen) atoms. The molecule has 3 N–H and O–H groups in total. The number of rotatable bonds is 4. The topological polar surface area (TPSA) is 72.5 Å². The highest BCUT2D eigenvalue weighted by atomic mass is 79.9. The minimum atomic E-state index is -1.07. The van der Waals surface area contributed by atoms with Gasteiger partial charge in [-0.05, 0) is 22.0 Å². The van der Waals surface area contributed by atoms with Gasteiger partial charge in [-0.15, -0.1) is 0 Å². The Bertz CT molecular complexity index is 411. The molecule has 1 atom stereocenters. The predicted octanol–water partition coefficient (Wildman–Crippen LogP) is 2.07. The van der Waals surface area contributed by atoms with Crippen molar-refractivity contribution in [3.63, 3.8) is 0 Å². The van der Waals surface area contributed by atoms with Gasteiger partial charge in [-0.2, -0.15) is 0 Å². The highest BCUT2D eigenvalue weighted by Gasteiger charge is 2.18. The molecule has 0 aromatic heterocycles. The molecule has 0 aliphatic heterocycles. The number of carboxylic acid groups (broad SMARTS) is 1. The van der Waals surface area contributed by atoms with Crippen LogP contribution in [0.5, 0.6) is 5.75 Å². The van der Waals surface area contributed by atoms with E-state index in [0.29, 0.717) is 5.75 Å². The molecular weight excluding hydrogens is 281 g/mol. The Hall–Kier alpha value is -1.14. The quantitative estimate of drug-likeness (QED) is 0.891. The third-order valence-corrected chi connectivity index (χ3v) is 2.83. The zero-order chi connectivity index (χ0) is 12.3. The SMILES string of the molecule is COc1ccc(C(N)CC(=O)O)c(F)c1Br. The Morgan fingerprint density at radius 3 is 2.81 bits per heavy atom. The Morgan fingerprint density at radius 2 is 2.31 bits per heavy atom. The van der Waals surface area contributed by atoms with E-state index >= 15 is 0 Å². The molecule has 0 fully saturated rings. The van der Waals surface area contributed by atoms with E-state index in [1.54, 1.807) is 0 Å². The molecule has 1 aromatic rings. The first-order chi connectivity index (χ1) is 7.47. The number of carboxylic acids is 1. The van der Waals surface area contributed by atoms with Gasteiger partial charge in [0.05, 0.1) is 18.0 Å². The molecule has 0 bridgehead atoms. The highest BCUT2D eigenvalue weighted by Crippen LogP contribution is 2.32. The van der Waals surface area contributed by atoms with Crippen LogP contribution >= 0.6 is 15.9 Å². The van der Waals surface area contributed by atoms with Gasteiger partial charge in [-0.3, -0.25) is 4.79 Å². The van der Waals surface area contributed by atoms with Crippen LogP contribution in [0.3, 0.4) is 0 Å². The van der Waals surface area contributed by atoms with E-state index < -0.39 is 17.8 Å².